The first-order chi connectivity index (χ1) is 13.0. The third kappa shape index (κ3) is 4.17. The number of nitrogens with one attached hydrogen (secondary N) is 1. The highest BCUT2D eigenvalue weighted by Crippen LogP contribution is 2.31. The molecule has 27 heavy (non-hydrogen) atoms. The highest BCUT2D eigenvalue weighted by molar-refractivity contribution is 6.33. The van der Waals surface area contributed by atoms with E-state index < -0.39 is 17.9 Å². The number of amides is 1. The Hall–Kier alpha value is -3.12. The van der Waals surface area contributed by atoms with Crippen LogP contribution in [0.5, 0.6) is 0 Å². The van der Waals surface area contributed by atoms with Gasteiger partial charge in [-0.15, -0.1) is 0 Å². The van der Waals surface area contributed by atoms with Crippen LogP contribution in [0.3, 0.4) is 0 Å². The second-order valence-corrected chi connectivity index (χ2v) is 6.40. The lowest BCUT2D eigenvalue weighted by Crippen LogP contribution is -2.42. The number of carboxylic acid groups (broad SMARTS) is 1. The Morgan fingerprint density at radius 2 is 1.81 bits per heavy atom. The number of aromatic nitrogens is 1. The van der Waals surface area contributed by atoms with E-state index in [-0.39, 0.29) is 23.4 Å². The predicted molar refractivity (Wildman–Crippen MR) is 101 cm³/mol. The third-order valence-corrected chi connectivity index (χ3v) is 4.43. The largest absolute Gasteiger partial charge is 0.480 e. The molecular weight excluding hydrogens is 368 g/mol. The van der Waals surface area contributed by atoms with Crippen molar-refractivity contribution in [2.75, 3.05) is 0 Å². The van der Waals surface area contributed by atoms with Crippen molar-refractivity contribution in [3.63, 3.8) is 0 Å². The molecule has 0 aliphatic carbocycles. The number of halogens is 1. The number of benzene rings is 2. The van der Waals surface area contributed by atoms with Crippen LogP contribution in [-0.2, 0) is 11.2 Å². The fraction of sp³-hybridized carbons (Fsp3) is 0.150. The zero-order valence-corrected chi connectivity index (χ0v) is 15.2. The van der Waals surface area contributed by atoms with E-state index in [2.05, 4.69) is 10.5 Å². The van der Waals surface area contributed by atoms with Gasteiger partial charge in [-0.25, -0.2) is 4.79 Å². The molecule has 2 N–H and O–H groups in total. The van der Waals surface area contributed by atoms with Crippen LogP contribution in [0, 0.1) is 6.92 Å². The van der Waals surface area contributed by atoms with Crippen molar-refractivity contribution in [2.24, 2.45) is 0 Å². The summed E-state index contributed by atoms with van der Waals surface area (Å²) in [4.78, 5) is 24.4. The Kier molecular flexibility index (Phi) is 5.57. The van der Waals surface area contributed by atoms with E-state index in [0.29, 0.717) is 10.6 Å². The van der Waals surface area contributed by atoms with E-state index in [1.807, 2.05) is 30.3 Å². The van der Waals surface area contributed by atoms with Crippen molar-refractivity contribution in [2.45, 2.75) is 19.4 Å². The maximum Gasteiger partial charge on any atom is 0.326 e. The number of hydrogen-bond donors (Lipinski definition) is 2. The van der Waals surface area contributed by atoms with Gasteiger partial charge in [0.05, 0.1) is 5.02 Å². The first kappa shape index (κ1) is 18.7. The topological polar surface area (TPSA) is 92.4 Å². The van der Waals surface area contributed by atoms with Crippen molar-refractivity contribution in [1.82, 2.24) is 10.5 Å². The molecule has 0 spiro atoms. The molecule has 6 nitrogen and oxygen atoms in total. The Balaban J connectivity index is 1.88. The van der Waals surface area contributed by atoms with E-state index >= 15 is 0 Å². The number of aliphatic carboxylic acids is 1. The standard InChI is InChI=1S/C20H17ClN2O4/c1-12-17(18(23-27-12)14-9-5-6-10-15(14)21)19(24)22-16(20(25)26)11-13-7-3-2-4-8-13/h2-10,16H,11H2,1H3,(H,22,24)(H,25,26)/t16-/m0/s1. The minimum Gasteiger partial charge on any atom is -0.480 e. The molecule has 0 bridgehead atoms. The molecule has 0 aliphatic heterocycles. The summed E-state index contributed by atoms with van der Waals surface area (Å²) in [5.74, 6) is -1.42. The number of aryl methyl sites for hydroxylation is 1. The van der Waals surface area contributed by atoms with Crippen molar-refractivity contribution in [3.05, 3.63) is 76.5 Å². The Morgan fingerprint density at radius 3 is 2.48 bits per heavy atom. The Labute approximate surface area is 160 Å². The SMILES string of the molecule is Cc1onc(-c2ccccc2Cl)c1C(=O)N[C@@H](Cc1ccccc1)C(=O)O. The fourth-order valence-electron chi connectivity index (χ4n) is 2.76. The van der Waals surface area contributed by atoms with Gasteiger partial charge in [-0.05, 0) is 18.6 Å². The summed E-state index contributed by atoms with van der Waals surface area (Å²) in [5.41, 5.74) is 1.79. The molecule has 1 amide bonds. The van der Waals surface area contributed by atoms with Crippen molar-refractivity contribution >= 4 is 23.5 Å². The second-order valence-electron chi connectivity index (χ2n) is 6.00. The highest BCUT2D eigenvalue weighted by atomic mass is 35.5. The monoisotopic (exact) mass is 384 g/mol. The molecule has 2 aromatic carbocycles. The molecule has 0 radical (unpaired) electrons. The van der Waals surface area contributed by atoms with Gasteiger partial charge in [-0.1, -0.05) is 65.3 Å². The quantitative estimate of drug-likeness (QED) is 0.675. The smallest absolute Gasteiger partial charge is 0.326 e. The summed E-state index contributed by atoms with van der Waals surface area (Å²) in [6.07, 6.45) is 0.160. The van der Waals surface area contributed by atoms with Crippen LogP contribution in [-0.4, -0.2) is 28.2 Å². The van der Waals surface area contributed by atoms with E-state index in [4.69, 9.17) is 16.1 Å². The van der Waals surface area contributed by atoms with Crippen molar-refractivity contribution < 1.29 is 19.2 Å². The van der Waals surface area contributed by atoms with E-state index in [0.717, 1.165) is 5.56 Å². The van der Waals surface area contributed by atoms with Gasteiger partial charge in [-0.2, -0.15) is 0 Å². The fourth-order valence-corrected chi connectivity index (χ4v) is 2.98. The summed E-state index contributed by atoms with van der Waals surface area (Å²) in [6.45, 7) is 1.59. The highest BCUT2D eigenvalue weighted by Gasteiger charge is 2.27. The molecule has 0 aliphatic rings. The molecular formula is C20H17ClN2O4. The van der Waals surface area contributed by atoms with E-state index in [1.165, 1.54) is 0 Å². The zero-order chi connectivity index (χ0) is 19.4. The molecule has 1 atom stereocenters. The first-order valence-electron chi connectivity index (χ1n) is 8.26. The number of carboxylic acids is 1. The Bertz CT molecular complexity index is 969. The average molecular weight is 385 g/mol. The Morgan fingerprint density at radius 1 is 1.15 bits per heavy atom. The van der Waals surface area contributed by atoms with Crippen LogP contribution in [0.1, 0.15) is 21.7 Å². The number of carbonyl (C=O) groups excluding carboxylic acids is 1. The second kappa shape index (κ2) is 8.05. The third-order valence-electron chi connectivity index (χ3n) is 4.10. The van der Waals surface area contributed by atoms with Gasteiger partial charge in [-0.3, -0.25) is 4.79 Å². The maximum absolute atomic E-state index is 12.8. The van der Waals surface area contributed by atoms with Gasteiger partial charge in [0, 0.05) is 12.0 Å². The lowest BCUT2D eigenvalue weighted by molar-refractivity contribution is -0.139. The average Bonchev–Trinajstić information content (AvgIpc) is 3.03. The van der Waals surface area contributed by atoms with Gasteiger partial charge in [0.15, 0.2) is 0 Å². The molecule has 7 heteroatoms. The summed E-state index contributed by atoms with van der Waals surface area (Å²) in [7, 11) is 0. The van der Waals surface area contributed by atoms with Crippen LogP contribution in [0.4, 0.5) is 0 Å². The molecule has 1 aromatic heterocycles. The van der Waals surface area contributed by atoms with Crippen LogP contribution < -0.4 is 5.32 Å². The molecule has 0 saturated heterocycles. The molecule has 3 rings (SSSR count). The van der Waals surface area contributed by atoms with Gasteiger partial charge < -0.3 is 14.9 Å². The summed E-state index contributed by atoms with van der Waals surface area (Å²) < 4.78 is 5.17. The lowest BCUT2D eigenvalue weighted by Gasteiger charge is -2.15. The van der Waals surface area contributed by atoms with E-state index in [1.54, 1.807) is 31.2 Å². The normalized spacial score (nSPS) is 11.8. The number of carbonyl (C=O) groups is 2. The molecule has 3 aromatic rings. The van der Waals surface area contributed by atoms with Crippen molar-refractivity contribution in [3.8, 4) is 11.3 Å². The van der Waals surface area contributed by atoms with Crippen LogP contribution >= 0.6 is 11.6 Å². The van der Waals surface area contributed by atoms with Gasteiger partial charge >= 0.3 is 5.97 Å². The molecule has 0 fully saturated rings. The molecule has 1 heterocycles. The summed E-state index contributed by atoms with van der Waals surface area (Å²) >= 11 is 6.20. The molecule has 0 saturated carbocycles. The van der Waals surface area contributed by atoms with Crippen LogP contribution in [0.25, 0.3) is 11.3 Å². The minimum absolute atomic E-state index is 0.160. The van der Waals surface area contributed by atoms with E-state index in [9.17, 15) is 14.7 Å². The predicted octanol–water partition coefficient (Wildman–Crippen LogP) is 3.73. The maximum atomic E-state index is 12.8. The minimum atomic E-state index is -1.12. The molecule has 138 valence electrons. The zero-order valence-electron chi connectivity index (χ0n) is 14.5. The first-order valence-corrected chi connectivity index (χ1v) is 8.64. The summed E-state index contributed by atoms with van der Waals surface area (Å²) in [6, 6.07) is 14.9. The number of rotatable bonds is 6. The van der Waals surface area contributed by atoms with Crippen molar-refractivity contribution in [1.29, 1.82) is 0 Å². The van der Waals surface area contributed by atoms with Gasteiger partial charge in [0.25, 0.3) is 5.91 Å². The van der Waals surface area contributed by atoms with Crippen LogP contribution in [0.2, 0.25) is 5.02 Å². The molecule has 0 unspecified atom stereocenters. The number of hydrogen-bond acceptors (Lipinski definition) is 4. The van der Waals surface area contributed by atoms with Crippen LogP contribution in [0.15, 0.2) is 59.1 Å². The van der Waals surface area contributed by atoms with Gasteiger partial charge in [0.2, 0.25) is 0 Å². The number of nitrogens with zero attached hydrogens (tertiary/aromatic N) is 1. The van der Waals surface area contributed by atoms with Gasteiger partial charge in [0.1, 0.15) is 23.1 Å². The summed E-state index contributed by atoms with van der Waals surface area (Å²) in [5, 5.41) is 16.4. The lowest BCUT2D eigenvalue weighted by atomic mass is 10.0.